The average Bonchev–Trinajstić information content (AvgIpc) is 3.40. The minimum atomic E-state index is -0.857. The number of aliphatic hydroxyl groups is 1. The second kappa shape index (κ2) is 7.69. The van der Waals surface area contributed by atoms with E-state index < -0.39 is 11.0 Å². The fourth-order valence-electron chi connectivity index (χ4n) is 3.25. The summed E-state index contributed by atoms with van der Waals surface area (Å²) < 4.78 is 3.36. The summed E-state index contributed by atoms with van der Waals surface area (Å²) in [5.74, 6) is 0. The summed E-state index contributed by atoms with van der Waals surface area (Å²) in [7, 11) is 1.79. The minimum absolute atomic E-state index is 0.0152. The van der Waals surface area contributed by atoms with Crippen molar-refractivity contribution in [2.75, 3.05) is 0 Å². The second-order valence-electron chi connectivity index (χ2n) is 6.77. The van der Waals surface area contributed by atoms with Gasteiger partial charge in [-0.3, -0.25) is 14.8 Å². The second-order valence-corrected chi connectivity index (χ2v) is 6.77. The normalized spacial score (nSPS) is 12.1. The Morgan fingerprint density at radius 2 is 1.93 bits per heavy atom. The molecule has 0 saturated carbocycles. The van der Waals surface area contributed by atoms with Crippen LogP contribution in [0.4, 0.5) is 5.69 Å². The fraction of sp³-hybridized carbons (Fsp3) is 0.143. The molecular formula is C21H19N5O3. The van der Waals surface area contributed by atoms with Crippen LogP contribution < -0.4 is 0 Å². The standard InChI is InChI=1S/C21H19N5O3/c1-24-14-18(13-23-24)16-3-4-17(20(11-16)26(28)29)12-21(27)15-5-7-19(8-6-15)25-10-2-9-22-25/h2-11,13-14,21,27H,12H2,1H3. The third-order valence-corrected chi connectivity index (χ3v) is 4.78. The number of hydrogen-bond donors (Lipinski definition) is 1. The van der Waals surface area contributed by atoms with Gasteiger partial charge in [-0.15, -0.1) is 0 Å². The van der Waals surface area contributed by atoms with Crippen LogP contribution in [0.3, 0.4) is 0 Å². The van der Waals surface area contributed by atoms with Gasteiger partial charge in [0.2, 0.25) is 0 Å². The molecule has 4 rings (SSSR count). The molecule has 1 N–H and O–H groups in total. The highest BCUT2D eigenvalue weighted by Gasteiger charge is 2.19. The highest BCUT2D eigenvalue weighted by Crippen LogP contribution is 2.30. The lowest BCUT2D eigenvalue weighted by Gasteiger charge is -2.13. The molecule has 8 heteroatoms. The minimum Gasteiger partial charge on any atom is -0.388 e. The fourth-order valence-corrected chi connectivity index (χ4v) is 3.25. The van der Waals surface area contributed by atoms with E-state index in [9.17, 15) is 15.2 Å². The summed E-state index contributed by atoms with van der Waals surface area (Å²) >= 11 is 0. The highest BCUT2D eigenvalue weighted by molar-refractivity contribution is 5.66. The van der Waals surface area contributed by atoms with Gasteiger partial charge in [0.1, 0.15) is 0 Å². The lowest BCUT2D eigenvalue weighted by molar-refractivity contribution is -0.385. The van der Waals surface area contributed by atoms with Crippen LogP contribution in [0.2, 0.25) is 0 Å². The van der Waals surface area contributed by atoms with Crippen molar-refractivity contribution in [1.29, 1.82) is 0 Å². The maximum absolute atomic E-state index is 11.6. The van der Waals surface area contributed by atoms with E-state index in [2.05, 4.69) is 10.2 Å². The van der Waals surface area contributed by atoms with Crippen molar-refractivity contribution in [3.05, 3.63) is 94.6 Å². The van der Waals surface area contributed by atoms with Crippen molar-refractivity contribution in [1.82, 2.24) is 19.6 Å². The lowest BCUT2D eigenvalue weighted by Crippen LogP contribution is -2.05. The number of aromatic nitrogens is 4. The number of hydrogen-bond acceptors (Lipinski definition) is 5. The van der Waals surface area contributed by atoms with E-state index in [1.165, 1.54) is 6.07 Å². The van der Waals surface area contributed by atoms with Gasteiger partial charge in [-0.05, 0) is 29.3 Å². The van der Waals surface area contributed by atoms with Crippen molar-refractivity contribution >= 4 is 5.69 Å². The van der Waals surface area contributed by atoms with Crippen LogP contribution in [0.5, 0.6) is 0 Å². The van der Waals surface area contributed by atoms with Crippen LogP contribution in [0, 0.1) is 10.1 Å². The topological polar surface area (TPSA) is 99.0 Å². The molecule has 1 unspecified atom stereocenters. The molecule has 0 saturated heterocycles. The maximum atomic E-state index is 11.6. The third kappa shape index (κ3) is 3.92. The molecule has 146 valence electrons. The van der Waals surface area contributed by atoms with Gasteiger partial charge in [0.15, 0.2) is 0 Å². The van der Waals surface area contributed by atoms with Crippen LogP contribution in [-0.2, 0) is 13.5 Å². The molecule has 0 amide bonds. The Morgan fingerprint density at radius 3 is 2.55 bits per heavy atom. The zero-order chi connectivity index (χ0) is 20.4. The molecule has 2 aromatic heterocycles. The SMILES string of the molecule is Cn1cc(-c2ccc(CC(O)c3ccc(-n4cccn4)cc3)c([N+](=O)[O-])c2)cn1. The Labute approximate surface area is 166 Å². The number of nitro groups is 1. The largest absolute Gasteiger partial charge is 0.388 e. The Balaban J connectivity index is 1.57. The highest BCUT2D eigenvalue weighted by atomic mass is 16.6. The quantitative estimate of drug-likeness (QED) is 0.402. The molecule has 0 fully saturated rings. The van der Waals surface area contributed by atoms with E-state index in [1.54, 1.807) is 53.2 Å². The van der Waals surface area contributed by atoms with Gasteiger partial charge in [-0.1, -0.05) is 24.3 Å². The van der Waals surface area contributed by atoms with Crippen molar-refractivity contribution in [3.63, 3.8) is 0 Å². The molecule has 0 bridgehead atoms. The Morgan fingerprint density at radius 1 is 1.14 bits per heavy atom. The first-order valence-electron chi connectivity index (χ1n) is 9.05. The molecule has 29 heavy (non-hydrogen) atoms. The van der Waals surface area contributed by atoms with E-state index in [0.717, 1.165) is 11.3 Å². The molecular weight excluding hydrogens is 370 g/mol. The van der Waals surface area contributed by atoms with E-state index in [4.69, 9.17) is 0 Å². The summed E-state index contributed by atoms with van der Waals surface area (Å²) in [6.45, 7) is 0. The first kappa shape index (κ1) is 18.6. The summed E-state index contributed by atoms with van der Waals surface area (Å²) in [4.78, 5) is 11.2. The van der Waals surface area contributed by atoms with Crippen LogP contribution in [0.1, 0.15) is 17.2 Å². The average molecular weight is 389 g/mol. The molecule has 1 atom stereocenters. The number of nitro benzene ring substituents is 1. The Bertz CT molecular complexity index is 1130. The van der Waals surface area contributed by atoms with Gasteiger partial charge >= 0.3 is 0 Å². The predicted molar refractivity (Wildman–Crippen MR) is 108 cm³/mol. The van der Waals surface area contributed by atoms with E-state index in [0.29, 0.717) is 16.7 Å². The molecule has 8 nitrogen and oxygen atoms in total. The summed E-state index contributed by atoms with van der Waals surface area (Å²) in [6, 6.07) is 14.2. The maximum Gasteiger partial charge on any atom is 0.273 e. The number of aryl methyl sites for hydroxylation is 1. The molecule has 0 aliphatic carbocycles. The van der Waals surface area contributed by atoms with Crippen molar-refractivity contribution in [2.24, 2.45) is 7.05 Å². The van der Waals surface area contributed by atoms with Gasteiger partial charge in [-0.2, -0.15) is 10.2 Å². The molecule has 0 aliphatic heterocycles. The monoisotopic (exact) mass is 389 g/mol. The van der Waals surface area contributed by atoms with Gasteiger partial charge in [0, 0.05) is 49.3 Å². The van der Waals surface area contributed by atoms with Crippen LogP contribution >= 0.6 is 0 Å². The summed E-state index contributed by atoms with van der Waals surface area (Å²) in [6.07, 6.45) is 6.27. The van der Waals surface area contributed by atoms with Gasteiger partial charge < -0.3 is 5.11 Å². The number of rotatable bonds is 6. The van der Waals surface area contributed by atoms with E-state index >= 15 is 0 Å². The number of benzene rings is 2. The first-order valence-corrected chi connectivity index (χ1v) is 9.05. The smallest absolute Gasteiger partial charge is 0.273 e. The van der Waals surface area contributed by atoms with Crippen LogP contribution in [0.15, 0.2) is 73.3 Å². The van der Waals surface area contributed by atoms with Crippen molar-refractivity contribution in [3.8, 4) is 16.8 Å². The Hall–Kier alpha value is -3.78. The molecule has 0 radical (unpaired) electrons. The first-order chi connectivity index (χ1) is 14.0. The van der Waals surface area contributed by atoms with Crippen molar-refractivity contribution in [2.45, 2.75) is 12.5 Å². The van der Waals surface area contributed by atoms with Crippen LogP contribution in [0.25, 0.3) is 16.8 Å². The molecule has 0 aliphatic rings. The molecule has 2 heterocycles. The summed E-state index contributed by atoms with van der Waals surface area (Å²) in [5.41, 5.74) is 3.54. The summed E-state index contributed by atoms with van der Waals surface area (Å²) in [5, 5.41) is 30.5. The molecule has 0 spiro atoms. The zero-order valence-corrected chi connectivity index (χ0v) is 15.7. The van der Waals surface area contributed by atoms with Crippen LogP contribution in [-0.4, -0.2) is 29.6 Å². The van der Waals surface area contributed by atoms with Crippen molar-refractivity contribution < 1.29 is 10.0 Å². The van der Waals surface area contributed by atoms with Gasteiger partial charge in [-0.25, -0.2) is 4.68 Å². The molecule has 2 aromatic carbocycles. The zero-order valence-electron chi connectivity index (χ0n) is 15.7. The van der Waals surface area contributed by atoms with Gasteiger partial charge in [0.25, 0.3) is 5.69 Å². The Kier molecular flexibility index (Phi) is 4.92. The number of nitrogens with zero attached hydrogens (tertiary/aromatic N) is 5. The third-order valence-electron chi connectivity index (χ3n) is 4.78. The predicted octanol–water partition coefficient (Wildman–Crippen LogP) is 3.46. The lowest BCUT2D eigenvalue weighted by atomic mass is 9.97. The van der Waals surface area contributed by atoms with E-state index in [1.807, 2.05) is 30.5 Å². The van der Waals surface area contributed by atoms with Gasteiger partial charge in [0.05, 0.1) is 22.9 Å². The number of aliphatic hydroxyl groups excluding tert-OH is 1. The van der Waals surface area contributed by atoms with E-state index in [-0.39, 0.29) is 12.1 Å². The molecule has 4 aromatic rings.